The molecule has 7 heteroatoms. The Morgan fingerprint density at radius 3 is 2.62 bits per heavy atom. The van der Waals surface area contributed by atoms with E-state index in [-0.39, 0.29) is 17.5 Å². The van der Waals surface area contributed by atoms with Crippen molar-refractivity contribution in [1.29, 1.82) is 0 Å². The van der Waals surface area contributed by atoms with Gasteiger partial charge in [-0.05, 0) is 30.5 Å². The van der Waals surface area contributed by atoms with Crippen LogP contribution in [0.1, 0.15) is 38.7 Å². The molecule has 2 aromatic rings. The van der Waals surface area contributed by atoms with Crippen molar-refractivity contribution in [3.05, 3.63) is 45.9 Å². The number of thiazole rings is 1. The van der Waals surface area contributed by atoms with Crippen LogP contribution in [-0.2, 0) is 6.54 Å². The topological polar surface area (TPSA) is 71.5 Å². The molecule has 0 unspecified atom stereocenters. The van der Waals surface area contributed by atoms with Crippen LogP contribution < -0.4 is 10.1 Å². The Hall–Kier alpha value is -2.41. The van der Waals surface area contributed by atoms with Crippen molar-refractivity contribution < 1.29 is 14.3 Å². The first-order valence-electron chi connectivity index (χ1n) is 7.83. The molecule has 2 heterocycles. The lowest BCUT2D eigenvalue weighted by Crippen LogP contribution is -2.28. The van der Waals surface area contributed by atoms with Crippen LogP contribution in [0.3, 0.4) is 0 Å². The highest BCUT2D eigenvalue weighted by Gasteiger charge is 2.23. The normalized spacial score (nSPS) is 13.8. The van der Waals surface area contributed by atoms with Gasteiger partial charge >= 0.3 is 0 Å². The Morgan fingerprint density at radius 1 is 1.25 bits per heavy atom. The second-order valence-electron chi connectivity index (χ2n) is 5.57. The maximum absolute atomic E-state index is 12.3. The van der Waals surface area contributed by atoms with E-state index in [9.17, 15) is 9.59 Å². The number of carbonyl (C=O) groups is 2. The third kappa shape index (κ3) is 3.73. The lowest BCUT2D eigenvalue weighted by molar-refractivity contribution is 0.0792. The Balaban J connectivity index is 1.57. The number of nitrogens with one attached hydrogen (secondary N) is 1. The summed E-state index contributed by atoms with van der Waals surface area (Å²) in [7, 11) is 1.61. The van der Waals surface area contributed by atoms with E-state index in [1.807, 2.05) is 24.3 Å². The van der Waals surface area contributed by atoms with Gasteiger partial charge in [0.25, 0.3) is 11.8 Å². The Morgan fingerprint density at radius 2 is 1.96 bits per heavy atom. The summed E-state index contributed by atoms with van der Waals surface area (Å²) < 4.78 is 5.10. The van der Waals surface area contributed by atoms with Gasteiger partial charge in [-0.2, -0.15) is 0 Å². The molecule has 2 amide bonds. The van der Waals surface area contributed by atoms with Gasteiger partial charge in [-0.1, -0.05) is 12.1 Å². The van der Waals surface area contributed by atoms with Crippen LogP contribution in [0.15, 0.2) is 29.6 Å². The predicted molar refractivity (Wildman–Crippen MR) is 91.4 cm³/mol. The van der Waals surface area contributed by atoms with Crippen molar-refractivity contribution in [2.45, 2.75) is 19.4 Å². The maximum atomic E-state index is 12.3. The predicted octanol–water partition coefficient (Wildman–Crippen LogP) is 2.32. The van der Waals surface area contributed by atoms with Gasteiger partial charge in [0.1, 0.15) is 11.4 Å². The highest BCUT2D eigenvalue weighted by Crippen LogP contribution is 2.17. The molecule has 1 aliphatic heterocycles. The summed E-state index contributed by atoms with van der Waals surface area (Å²) in [5.41, 5.74) is 1.25. The molecule has 1 aliphatic rings. The van der Waals surface area contributed by atoms with Crippen molar-refractivity contribution in [3.8, 4) is 5.75 Å². The lowest BCUT2D eigenvalue weighted by Gasteiger charge is -2.12. The molecule has 1 N–H and O–H groups in total. The van der Waals surface area contributed by atoms with E-state index in [0.29, 0.717) is 11.6 Å². The zero-order valence-corrected chi connectivity index (χ0v) is 14.3. The number of amides is 2. The smallest absolute Gasteiger partial charge is 0.282 e. The average Bonchev–Trinajstić information content (AvgIpc) is 3.31. The van der Waals surface area contributed by atoms with Gasteiger partial charge in [0.05, 0.1) is 7.11 Å². The van der Waals surface area contributed by atoms with Gasteiger partial charge in [0, 0.05) is 25.0 Å². The number of nitrogens with zero attached hydrogens (tertiary/aromatic N) is 2. The molecule has 1 aromatic heterocycles. The Bertz CT molecular complexity index is 721. The molecule has 1 fully saturated rings. The Labute approximate surface area is 144 Å². The number of likely N-dealkylation sites (tertiary alicyclic amines) is 1. The van der Waals surface area contributed by atoms with Gasteiger partial charge in [-0.25, -0.2) is 4.98 Å². The van der Waals surface area contributed by atoms with E-state index in [1.165, 1.54) is 11.3 Å². The molecule has 0 bridgehead atoms. The van der Waals surface area contributed by atoms with Gasteiger partial charge in [0.2, 0.25) is 0 Å². The van der Waals surface area contributed by atoms with Crippen molar-refractivity contribution in [2.24, 2.45) is 0 Å². The second kappa shape index (κ2) is 7.44. The summed E-state index contributed by atoms with van der Waals surface area (Å²) in [6.45, 7) is 1.95. The number of aromatic nitrogens is 1. The molecule has 1 aromatic carbocycles. The number of ether oxygens (including phenoxy) is 1. The van der Waals surface area contributed by atoms with E-state index < -0.39 is 0 Å². The second-order valence-corrected chi connectivity index (χ2v) is 6.43. The minimum atomic E-state index is -0.275. The zero-order chi connectivity index (χ0) is 16.9. The van der Waals surface area contributed by atoms with E-state index >= 15 is 0 Å². The molecule has 0 spiro atoms. The van der Waals surface area contributed by atoms with Crippen LogP contribution in [0.2, 0.25) is 0 Å². The molecule has 126 valence electrons. The molecule has 0 atom stereocenters. The molecule has 1 saturated heterocycles. The summed E-state index contributed by atoms with van der Waals surface area (Å²) in [5, 5.41) is 4.83. The van der Waals surface area contributed by atoms with Crippen molar-refractivity contribution in [2.75, 3.05) is 20.2 Å². The molecule has 0 saturated carbocycles. The number of benzene rings is 1. The van der Waals surface area contributed by atoms with Gasteiger partial charge in [-0.3, -0.25) is 9.59 Å². The molecule has 6 nitrogen and oxygen atoms in total. The van der Waals surface area contributed by atoms with E-state index in [4.69, 9.17) is 4.74 Å². The van der Waals surface area contributed by atoms with Crippen LogP contribution in [0, 0.1) is 0 Å². The van der Waals surface area contributed by atoms with Crippen LogP contribution in [0.4, 0.5) is 0 Å². The molecular formula is C17H19N3O3S. The summed E-state index contributed by atoms with van der Waals surface area (Å²) in [5.74, 6) is 0.420. The number of hydrogen-bond donors (Lipinski definition) is 1. The average molecular weight is 345 g/mol. The van der Waals surface area contributed by atoms with Gasteiger partial charge < -0.3 is 15.0 Å². The lowest BCUT2D eigenvalue weighted by atomic mass is 10.2. The highest BCUT2D eigenvalue weighted by molar-refractivity contribution is 7.11. The molecular weight excluding hydrogens is 326 g/mol. The monoisotopic (exact) mass is 345 g/mol. The highest BCUT2D eigenvalue weighted by atomic mass is 32.1. The Kier molecular flexibility index (Phi) is 5.10. The molecule has 0 aliphatic carbocycles. The molecule has 24 heavy (non-hydrogen) atoms. The van der Waals surface area contributed by atoms with E-state index in [1.54, 1.807) is 17.4 Å². The number of carbonyl (C=O) groups excluding carboxylic acids is 2. The van der Waals surface area contributed by atoms with Crippen molar-refractivity contribution >= 4 is 23.2 Å². The third-order valence-corrected chi connectivity index (χ3v) is 4.76. The minimum Gasteiger partial charge on any atom is -0.497 e. The van der Waals surface area contributed by atoms with Crippen LogP contribution in [0.5, 0.6) is 5.75 Å². The van der Waals surface area contributed by atoms with E-state index in [0.717, 1.165) is 37.2 Å². The third-order valence-electron chi connectivity index (χ3n) is 3.93. The largest absolute Gasteiger partial charge is 0.497 e. The van der Waals surface area contributed by atoms with Crippen LogP contribution in [0.25, 0.3) is 0 Å². The fourth-order valence-electron chi connectivity index (χ4n) is 2.55. The number of rotatable bonds is 5. The summed E-state index contributed by atoms with van der Waals surface area (Å²) >= 11 is 1.22. The van der Waals surface area contributed by atoms with Crippen molar-refractivity contribution in [1.82, 2.24) is 15.2 Å². The van der Waals surface area contributed by atoms with Crippen LogP contribution >= 0.6 is 11.3 Å². The van der Waals surface area contributed by atoms with Crippen molar-refractivity contribution in [3.63, 3.8) is 0 Å². The van der Waals surface area contributed by atoms with Gasteiger partial charge in [0.15, 0.2) is 5.01 Å². The summed E-state index contributed by atoms with van der Waals surface area (Å²) in [6.07, 6.45) is 2.07. The molecule has 3 rings (SSSR count). The van der Waals surface area contributed by atoms with Crippen LogP contribution in [-0.4, -0.2) is 41.9 Å². The van der Waals surface area contributed by atoms with E-state index in [2.05, 4.69) is 10.3 Å². The summed E-state index contributed by atoms with van der Waals surface area (Å²) in [4.78, 5) is 30.4. The fourth-order valence-corrected chi connectivity index (χ4v) is 3.31. The first-order valence-corrected chi connectivity index (χ1v) is 8.71. The first-order chi connectivity index (χ1) is 11.7. The quantitative estimate of drug-likeness (QED) is 0.903. The number of methoxy groups -OCH3 is 1. The number of hydrogen-bond acceptors (Lipinski definition) is 5. The zero-order valence-electron chi connectivity index (χ0n) is 13.4. The first kappa shape index (κ1) is 16.4. The minimum absolute atomic E-state index is 0.0771. The molecule has 0 radical (unpaired) electrons. The maximum Gasteiger partial charge on any atom is 0.282 e. The fraction of sp³-hybridized carbons (Fsp3) is 0.353. The van der Waals surface area contributed by atoms with Gasteiger partial charge in [-0.15, -0.1) is 11.3 Å². The summed E-state index contributed by atoms with van der Waals surface area (Å²) in [6, 6.07) is 7.47. The standard InChI is InChI=1S/C17H19N3O3S/c1-23-13-6-4-12(5-7-13)10-18-15(21)14-11-24-16(19-14)17(22)20-8-2-3-9-20/h4-7,11H,2-3,8-10H2,1H3,(H,18,21). The SMILES string of the molecule is COc1ccc(CNC(=O)c2csc(C(=O)N3CCCC3)n2)cc1.